The van der Waals surface area contributed by atoms with E-state index in [4.69, 9.17) is 11.6 Å². The normalized spacial score (nSPS) is 13.8. The van der Waals surface area contributed by atoms with E-state index >= 15 is 0 Å². The smallest absolute Gasteiger partial charge is 0.253 e. The second-order valence-electron chi connectivity index (χ2n) is 12.1. The molecule has 0 fully saturated rings. The molecule has 7 heteroatoms. The first-order valence-electron chi connectivity index (χ1n) is 15.7. The van der Waals surface area contributed by atoms with Crippen molar-refractivity contribution in [1.29, 1.82) is 0 Å². The second kappa shape index (κ2) is 13.8. The molecule has 6 nitrogen and oxygen atoms in total. The number of benzene rings is 2. The molecule has 3 aromatic heterocycles. The number of fused-ring (bicyclic) bond motifs is 2. The van der Waals surface area contributed by atoms with Crippen molar-refractivity contribution in [3.8, 4) is 11.1 Å². The van der Waals surface area contributed by atoms with E-state index in [0.29, 0.717) is 37.2 Å². The van der Waals surface area contributed by atoms with Gasteiger partial charge in [0.1, 0.15) is 11.6 Å². The predicted molar refractivity (Wildman–Crippen MR) is 181 cm³/mol. The van der Waals surface area contributed by atoms with Gasteiger partial charge in [0.15, 0.2) is 0 Å². The highest BCUT2D eigenvalue weighted by molar-refractivity contribution is 6.31. The van der Waals surface area contributed by atoms with Gasteiger partial charge in [0, 0.05) is 86.1 Å². The minimum Gasteiger partial charge on any atom is -0.318 e. The third-order valence-electron chi connectivity index (χ3n) is 8.92. The van der Waals surface area contributed by atoms with Gasteiger partial charge in [-0.15, -0.1) is 0 Å². The average Bonchev–Trinajstić information content (AvgIpc) is 3.06. The Hall–Kier alpha value is -4.68. The molecule has 2 aromatic carbocycles. The molecule has 5 aromatic rings. The molecular weight excluding hydrogens is 594 g/mol. The van der Waals surface area contributed by atoms with Crippen molar-refractivity contribution in [3.63, 3.8) is 0 Å². The maximum Gasteiger partial charge on any atom is 0.253 e. The lowest BCUT2D eigenvalue weighted by Crippen LogP contribution is -2.19. The summed E-state index contributed by atoms with van der Waals surface area (Å²) >= 11 is 6.33. The molecule has 2 aliphatic rings. The van der Waals surface area contributed by atoms with Crippen LogP contribution in [0.25, 0.3) is 11.1 Å². The lowest BCUT2D eigenvalue weighted by atomic mass is 9.82. The second-order valence-corrected chi connectivity index (χ2v) is 12.6. The van der Waals surface area contributed by atoms with E-state index in [9.17, 15) is 14.4 Å². The summed E-state index contributed by atoms with van der Waals surface area (Å²) in [6.45, 7) is 1.85. The number of Topliss-reactive ketones (excluding diaryl/α,β-unsaturated/α-hetero) is 2. The molecule has 0 N–H and O–H groups in total. The maximum atomic E-state index is 12.1. The molecule has 0 unspecified atom stereocenters. The van der Waals surface area contributed by atoms with Gasteiger partial charge in [-0.25, -0.2) is 0 Å². The summed E-state index contributed by atoms with van der Waals surface area (Å²) < 4.78 is 1.64. The third kappa shape index (κ3) is 6.92. The van der Waals surface area contributed by atoms with E-state index in [2.05, 4.69) is 22.1 Å². The van der Waals surface area contributed by atoms with Crippen LogP contribution in [0.2, 0.25) is 5.02 Å². The first kappa shape index (κ1) is 31.3. The molecule has 0 bridgehead atoms. The molecule has 0 atom stereocenters. The number of nitrogens with zero attached hydrogens (tertiary/aromatic N) is 3. The van der Waals surface area contributed by atoms with Gasteiger partial charge in [-0.2, -0.15) is 0 Å². The van der Waals surface area contributed by atoms with E-state index in [1.807, 2.05) is 73.9 Å². The molecule has 0 radical (unpaired) electrons. The molecule has 7 rings (SSSR count). The summed E-state index contributed by atoms with van der Waals surface area (Å²) in [5.41, 5.74) is 12.0. The van der Waals surface area contributed by atoms with Crippen LogP contribution in [0, 0.1) is 6.92 Å². The molecule has 232 valence electrons. The summed E-state index contributed by atoms with van der Waals surface area (Å²) in [5, 5.41) is 0.777. The first-order valence-corrected chi connectivity index (χ1v) is 16.1. The molecule has 46 heavy (non-hydrogen) atoms. The van der Waals surface area contributed by atoms with Crippen LogP contribution in [0.4, 0.5) is 0 Å². The van der Waals surface area contributed by atoms with Crippen LogP contribution in [0.1, 0.15) is 63.2 Å². The van der Waals surface area contributed by atoms with Crippen molar-refractivity contribution in [2.24, 2.45) is 7.05 Å². The highest BCUT2D eigenvalue weighted by atomic mass is 35.5. The standard InChI is InChI=1S/C23H22N2O2.C16H14ClNO/c1-15-11-17(14-25(2)23(15)27)21-8-6-16-12-19(26)7-9-20(16)22(21)13-18-5-3-4-10-24-18;17-16-7-4-11-9-13(19)5-6-14(11)15(16)10-12-3-1-2-8-18-12/h3-6,8,10-11,14H,7,9,12-13H2,1-2H3;1-4,7-8H,5-6,9-10H2. The summed E-state index contributed by atoms with van der Waals surface area (Å²) in [5.74, 6) is 0.621. The Balaban J connectivity index is 0.000000172. The number of carbonyl (C=O) groups excluding carboxylic acids is 2. The SMILES string of the molecule is Cc1cc(-c2ccc3c(c2Cc2ccccn2)CCC(=O)C3)cn(C)c1=O.O=C1CCc2c(ccc(Cl)c2Cc2ccccn2)C1. The molecule has 0 saturated carbocycles. The highest BCUT2D eigenvalue weighted by Crippen LogP contribution is 2.34. The quantitative estimate of drug-likeness (QED) is 0.214. The van der Waals surface area contributed by atoms with Crippen LogP contribution in [-0.4, -0.2) is 26.1 Å². The predicted octanol–water partition coefficient (Wildman–Crippen LogP) is 6.79. The van der Waals surface area contributed by atoms with Crippen LogP contribution in [-0.2, 0) is 55.2 Å². The van der Waals surface area contributed by atoms with E-state index in [-0.39, 0.29) is 5.56 Å². The zero-order valence-electron chi connectivity index (χ0n) is 26.2. The number of ketones is 2. The van der Waals surface area contributed by atoms with Crippen molar-refractivity contribution in [1.82, 2.24) is 14.5 Å². The first-order chi connectivity index (χ1) is 22.3. The zero-order chi connectivity index (χ0) is 32.2. The van der Waals surface area contributed by atoms with Crippen LogP contribution < -0.4 is 5.56 Å². The van der Waals surface area contributed by atoms with E-state index < -0.39 is 0 Å². The van der Waals surface area contributed by atoms with Gasteiger partial charge in [0.2, 0.25) is 0 Å². The fourth-order valence-electron chi connectivity index (χ4n) is 6.60. The topological polar surface area (TPSA) is 81.9 Å². The van der Waals surface area contributed by atoms with Crippen LogP contribution >= 0.6 is 11.6 Å². The zero-order valence-corrected chi connectivity index (χ0v) is 26.9. The molecule has 3 heterocycles. The number of hydrogen-bond acceptors (Lipinski definition) is 5. The fraction of sp³-hybridized carbons (Fsp3) is 0.256. The van der Waals surface area contributed by atoms with Crippen molar-refractivity contribution < 1.29 is 9.59 Å². The molecule has 0 aliphatic heterocycles. The Morgan fingerprint density at radius 2 is 1.28 bits per heavy atom. The van der Waals surface area contributed by atoms with Gasteiger partial charge in [-0.1, -0.05) is 41.9 Å². The Bertz CT molecular complexity index is 1960. The number of pyridine rings is 3. The Labute approximate surface area is 274 Å². The molecular formula is C39H36ClN3O3. The molecule has 0 amide bonds. The Kier molecular flexibility index (Phi) is 9.36. The lowest BCUT2D eigenvalue weighted by molar-refractivity contribution is -0.119. The summed E-state index contributed by atoms with van der Waals surface area (Å²) in [7, 11) is 1.79. The lowest BCUT2D eigenvalue weighted by Gasteiger charge is -2.22. The third-order valence-corrected chi connectivity index (χ3v) is 9.28. The minimum atomic E-state index is 0.0218. The van der Waals surface area contributed by atoms with E-state index in [0.717, 1.165) is 75.5 Å². The summed E-state index contributed by atoms with van der Waals surface area (Å²) in [6, 6.07) is 21.8. The minimum absolute atomic E-state index is 0.0218. The number of aromatic nitrogens is 3. The summed E-state index contributed by atoms with van der Waals surface area (Å²) in [4.78, 5) is 44.4. The highest BCUT2D eigenvalue weighted by Gasteiger charge is 2.23. The number of hydrogen-bond donors (Lipinski definition) is 0. The average molecular weight is 630 g/mol. The van der Waals surface area contributed by atoms with Gasteiger partial charge in [-0.05, 0) is 101 Å². The van der Waals surface area contributed by atoms with Crippen LogP contribution in [0.15, 0.2) is 90.1 Å². The van der Waals surface area contributed by atoms with Gasteiger partial charge >= 0.3 is 0 Å². The van der Waals surface area contributed by atoms with Gasteiger partial charge < -0.3 is 4.57 Å². The fourth-order valence-corrected chi connectivity index (χ4v) is 6.84. The van der Waals surface area contributed by atoms with Crippen molar-refractivity contribution in [3.05, 3.63) is 151 Å². The molecule has 2 aliphatic carbocycles. The van der Waals surface area contributed by atoms with Crippen molar-refractivity contribution >= 4 is 23.2 Å². The van der Waals surface area contributed by atoms with Crippen molar-refractivity contribution in [2.75, 3.05) is 0 Å². The van der Waals surface area contributed by atoms with Gasteiger partial charge in [-0.3, -0.25) is 24.4 Å². The Morgan fingerprint density at radius 3 is 1.85 bits per heavy atom. The maximum absolute atomic E-state index is 12.1. The van der Waals surface area contributed by atoms with Crippen LogP contribution in [0.3, 0.4) is 0 Å². The van der Waals surface area contributed by atoms with E-state index in [1.54, 1.807) is 17.8 Å². The van der Waals surface area contributed by atoms with Gasteiger partial charge in [0.25, 0.3) is 5.56 Å². The summed E-state index contributed by atoms with van der Waals surface area (Å²) in [6.07, 6.45) is 10.8. The molecule has 0 spiro atoms. The van der Waals surface area contributed by atoms with Crippen LogP contribution in [0.5, 0.6) is 0 Å². The number of aryl methyl sites for hydroxylation is 2. The van der Waals surface area contributed by atoms with Crippen molar-refractivity contribution in [2.45, 2.75) is 58.3 Å². The molecule has 0 saturated heterocycles. The monoisotopic (exact) mass is 629 g/mol. The van der Waals surface area contributed by atoms with E-state index in [1.165, 1.54) is 16.7 Å². The number of halogens is 1. The number of rotatable bonds is 5. The van der Waals surface area contributed by atoms with Gasteiger partial charge in [0.05, 0.1) is 0 Å². The largest absolute Gasteiger partial charge is 0.318 e. The Morgan fingerprint density at radius 1 is 0.717 bits per heavy atom. The number of carbonyl (C=O) groups is 2.